The van der Waals surface area contributed by atoms with E-state index in [0.29, 0.717) is 23.6 Å². The maximum Gasteiger partial charge on any atom is 0.251 e. The lowest BCUT2D eigenvalue weighted by Gasteiger charge is -2.15. The minimum absolute atomic E-state index is 0.205. The number of nitrogens with one attached hydrogen (secondary N) is 1. The summed E-state index contributed by atoms with van der Waals surface area (Å²) in [6.07, 6.45) is 7.18. The molecular weight excluding hydrogens is 358 g/mol. The molecule has 0 bridgehead atoms. The van der Waals surface area contributed by atoms with Gasteiger partial charge in [0, 0.05) is 43.5 Å². The van der Waals surface area contributed by atoms with Gasteiger partial charge in [-0.1, -0.05) is 6.07 Å². The Hall–Kier alpha value is -3.81. The van der Waals surface area contributed by atoms with Gasteiger partial charge in [0.15, 0.2) is 0 Å². The largest absolute Gasteiger partial charge is 0.348 e. The minimum atomic E-state index is -0.290. The molecule has 3 heterocycles. The van der Waals surface area contributed by atoms with Gasteiger partial charge in [0.25, 0.3) is 5.91 Å². The van der Waals surface area contributed by atoms with Crippen LogP contribution in [0, 0.1) is 0 Å². The summed E-state index contributed by atoms with van der Waals surface area (Å²) in [5.41, 5.74) is 1.69. The van der Waals surface area contributed by atoms with E-state index in [-0.39, 0.29) is 30.6 Å². The molecule has 1 aliphatic heterocycles. The van der Waals surface area contributed by atoms with Crippen LogP contribution in [0.1, 0.15) is 28.8 Å². The van der Waals surface area contributed by atoms with E-state index in [1.165, 1.54) is 0 Å². The molecule has 0 radical (unpaired) electrons. The van der Waals surface area contributed by atoms with Gasteiger partial charge in [0.05, 0.1) is 5.69 Å². The molecule has 8 nitrogen and oxygen atoms in total. The zero-order valence-corrected chi connectivity index (χ0v) is 14.9. The van der Waals surface area contributed by atoms with Crippen LogP contribution in [0.15, 0.2) is 61.3 Å². The molecule has 4 rings (SSSR count). The summed E-state index contributed by atoms with van der Waals surface area (Å²) in [5, 5.41) is 2.85. The van der Waals surface area contributed by atoms with E-state index < -0.39 is 0 Å². The zero-order valence-electron chi connectivity index (χ0n) is 14.9. The first-order chi connectivity index (χ1) is 13.6. The third-order valence-electron chi connectivity index (χ3n) is 4.45. The average molecular weight is 375 g/mol. The summed E-state index contributed by atoms with van der Waals surface area (Å²) < 4.78 is 1.78. The molecule has 1 saturated heterocycles. The van der Waals surface area contributed by atoms with Crippen LogP contribution < -0.4 is 10.2 Å². The van der Waals surface area contributed by atoms with Crippen molar-refractivity contribution in [1.29, 1.82) is 0 Å². The molecule has 0 atom stereocenters. The van der Waals surface area contributed by atoms with Gasteiger partial charge in [-0.25, -0.2) is 9.97 Å². The van der Waals surface area contributed by atoms with Crippen LogP contribution in [0.3, 0.4) is 0 Å². The van der Waals surface area contributed by atoms with Gasteiger partial charge in [-0.05, 0) is 35.9 Å². The van der Waals surface area contributed by atoms with Crippen molar-refractivity contribution in [1.82, 2.24) is 19.9 Å². The van der Waals surface area contributed by atoms with Crippen LogP contribution in [-0.2, 0) is 16.1 Å². The van der Waals surface area contributed by atoms with Crippen LogP contribution in [0.2, 0.25) is 0 Å². The molecule has 2 aromatic heterocycles. The predicted octanol–water partition coefficient (Wildman–Crippen LogP) is 1.85. The Balaban J connectivity index is 1.46. The molecule has 1 aliphatic rings. The lowest BCUT2D eigenvalue weighted by Crippen LogP contribution is -2.29. The van der Waals surface area contributed by atoms with E-state index in [0.717, 1.165) is 10.5 Å². The second-order valence-electron chi connectivity index (χ2n) is 6.35. The van der Waals surface area contributed by atoms with E-state index in [1.54, 1.807) is 53.8 Å². The predicted molar refractivity (Wildman–Crippen MR) is 101 cm³/mol. The fourth-order valence-electron chi connectivity index (χ4n) is 3.04. The van der Waals surface area contributed by atoms with E-state index in [1.807, 2.05) is 12.1 Å². The zero-order chi connectivity index (χ0) is 19.5. The number of amides is 3. The Morgan fingerprint density at radius 1 is 1.07 bits per heavy atom. The average Bonchev–Trinajstić information content (AvgIpc) is 3.36. The number of nitrogens with zero attached hydrogens (tertiary/aromatic N) is 4. The van der Waals surface area contributed by atoms with Crippen molar-refractivity contribution < 1.29 is 14.4 Å². The van der Waals surface area contributed by atoms with Crippen molar-refractivity contribution in [2.24, 2.45) is 0 Å². The summed E-state index contributed by atoms with van der Waals surface area (Å²) >= 11 is 0. The molecule has 0 saturated carbocycles. The first-order valence-electron chi connectivity index (χ1n) is 8.79. The van der Waals surface area contributed by atoms with Crippen LogP contribution in [0.4, 0.5) is 5.69 Å². The lowest BCUT2D eigenvalue weighted by molar-refractivity contribution is -0.121. The van der Waals surface area contributed by atoms with E-state index in [4.69, 9.17) is 0 Å². The van der Waals surface area contributed by atoms with Crippen molar-refractivity contribution in [2.45, 2.75) is 19.4 Å². The van der Waals surface area contributed by atoms with Crippen molar-refractivity contribution in [3.63, 3.8) is 0 Å². The molecule has 8 heteroatoms. The van der Waals surface area contributed by atoms with Crippen LogP contribution in [0.5, 0.6) is 0 Å². The second-order valence-corrected chi connectivity index (χ2v) is 6.35. The molecule has 1 fully saturated rings. The lowest BCUT2D eigenvalue weighted by atomic mass is 10.1. The van der Waals surface area contributed by atoms with Gasteiger partial charge in [0.2, 0.25) is 11.8 Å². The van der Waals surface area contributed by atoms with Crippen LogP contribution in [0.25, 0.3) is 5.82 Å². The highest BCUT2D eigenvalue weighted by Crippen LogP contribution is 2.23. The highest BCUT2D eigenvalue weighted by atomic mass is 16.2. The minimum Gasteiger partial charge on any atom is -0.348 e. The first kappa shape index (κ1) is 17.6. The number of carbonyl (C=O) groups is 3. The van der Waals surface area contributed by atoms with Gasteiger partial charge in [0.1, 0.15) is 12.1 Å². The molecule has 0 unspecified atom stereocenters. The molecule has 0 spiro atoms. The fourth-order valence-corrected chi connectivity index (χ4v) is 3.04. The van der Waals surface area contributed by atoms with E-state index >= 15 is 0 Å². The van der Waals surface area contributed by atoms with Gasteiger partial charge in [-0.2, -0.15) is 0 Å². The van der Waals surface area contributed by atoms with Gasteiger partial charge >= 0.3 is 0 Å². The number of imidazole rings is 1. The van der Waals surface area contributed by atoms with Gasteiger partial charge in [-0.3, -0.25) is 23.9 Å². The molecule has 0 aliphatic carbocycles. The molecule has 1 N–H and O–H groups in total. The molecule has 3 aromatic rings. The van der Waals surface area contributed by atoms with Crippen molar-refractivity contribution >= 4 is 23.4 Å². The quantitative estimate of drug-likeness (QED) is 0.687. The van der Waals surface area contributed by atoms with E-state index in [2.05, 4.69) is 15.3 Å². The number of benzene rings is 1. The smallest absolute Gasteiger partial charge is 0.251 e. The maximum absolute atomic E-state index is 12.5. The summed E-state index contributed by atoms with van der Waals surface area (Å²) in [7, 11) is 0. The Kier molecular flexibility index (Phi) is 4.67. The number of hydrogen-bond donors (Lipinski definition) is 1. The fraction of sp³-hybridized carbons (Fsp3) is 0.150. The number of aromatic nitrogens is 3. The van der Waals surface area contributed by atoms with Crippen molar-refractivity contribution in [3.8, 4) is 5.82 Å². The number of pyridine rings is 1. The Morgan fingerprint density at radius 3 is 2.64 bits per heavy atom. The summed E-state index contributed by atoms with van der Waals surface area (Å²) in [4.78, 5) is 45.7. The van der Waals surface area contributed by atoms with Gasteiger partial charge in [-0.15, -0.1) is 0 Å². The normalized spacial score (nSPS) is 13.8. The summed E-state index contributed by atoms with van der Waals surface area (Å²) in [6.45, 7) is 0.314. The molecule has 28 heavy (non-hydrogen) atoms. The van der Waals surface area contributed by atoms with E-state index in [9.17, 15) is 14.4 Å². The first-order valence-corrected chi connectivity index (χ1v) is 8.79. The third kappa shape index (κ3) is 3.52. The molecule has 3 amide bonds. The summed E-state index contributed by atoms with van der Waals surface area (Å²) in [6, 6.07) is 10.2. The third-order valence-corrected chi connectivity index (χ3v) is 4.45. The Morgan fingerprint density at radius 2 is 1.89 bits per heavy atom. The number of carbonyl (C=O) groups excluding carboxylic acids is 3. The molecule has 1 aromatic carbocycles. The number of hydrogen-bond acceptors (Lipinski definition) is 5. The molecular formula is C20H17N5O3. The highest BCUT2D eigenvalue weighted by molar-refractivity contribution is 6.20. The highest BCUT2D eigenvalue weighted by Gasteiger charge is 2.30. The van der Waals surface area contributed by atoms with Crippen molar-refractivity contribution in [2.75, 3.05) is 4.90 Å². The van der Waals surface area contributed by atoms with Gasteiger partial charge < -0.3 is 5.32 Å². The maximum atomic E-state index is 12.5. The number of rotatable bonds is 5. The number of anilines is 1. The van der Waals surface area contributed by atoms with Crippen LogP contribution >= 0.6 is 0 Å². The monoisotopic (exact) mass is 375 g/mol. The number of imide groups is 1. The summed E-state index contributed by atoms with van der Waals surface area (Å²) in [5.74, 6) is -0.0722. The Labute approximate surface area is 160 Å². The second kappa shape index (κ2) is 7.43. The Bertz CT molecular complexity index is 1030. The standard InChI is InChI=1S/C20H17N5O3/c26-18-4-5-19(27)25(18)16-3-1-2-15(11-16)20(28)23-12-14-6-7-22-17(10-14)24-9-8-21-13-24/h1-3,6-11,13H,4-5,12H2,(H,23,28). The molecule has 140 valence electrons. The van der Waals surface area contributed by atoms with Crippen LogP contribution in [-0.4, -0.2) is 32.3 Å². The topological polar surface area (TPSA) is 97.2 Å². The van der Waals surface area contributed by atoms with Crippen molar-refractivity contribution in [3.05, 3.63) is 72.4 Å². The SMILES string of the molecule is O=C(NCc1ccnc(-n2ccnc2)c1)c1cccc(N2C(=O)CCC2=O)c1.